The van der Waals surface area contributed by atoms with Crippen molar-refractivity contribution in [3.05, 3.63) is 71.6 Å². The van der Waals surface area contributed by atoms with E-state index in [9.17, 15) is 9.65 Å². The topological polar surface area (TPSA) is 104 Å². The first-order valence-corrected chi connectivity index (χ1v) is 12.1. The number of nitriles is 1. The van der Waals surface area contributed by atoms with Gasteiger partial charge in [0.15, 0.2) is 0 Å². The highest BCUT2D eigenvalue weighted by Crippen LogP contribution is 2.37. The summed E-state index contributed by atoms with van der Waals surface area (Å²) in [6.07, 6.45) is 5.59. The van der Waals surface area contributed by atoms with Crippen LogP contribution in [0.1, 0.15) is 56.5 Å². The Morgan fingerprint density at radius 2 is 1.92 bits per heavy atom. The minimum absolute atomic E-state index is 0.0414. The number of halogens is 1. The predicted octanol–water partition coefficient (Wildman–Crippen LogP) is 3.97. The van der Waals surface area contributed by atoms with Gasteiger partial charge in [0.05, 0.1) is 28.8 Å². The normalized spacial score (nSPS) is 15.3. The fraction of sp³-hybridized carbons (Fsp3) is 0.346. The summed E-state index contributed by atoms with van der Waals surface area (Å²) in [5.74, 6) is 0.352. The Labute approximate surface area is 210 Å². The summed E-state index contributed by atoms with van der Waals surface area (Å²) < 4.78 is 15.7. The summed E-state index contributed by atoms with van der Waals surface area (Å²) >= 11 is 0. The second-order valence-corrected chi connectivity index (χ2v) is 10.7. The zero-order valence-corrected chi connectivity index (χ0v) is 20.9. The van der Waals surface area contributed by atoms with E-state index in [1.54, 1.807) is 18.2 Å². The third kappa shape index (κ3) is 4.74. The van der Waals surface area contributed by atoms with Gasteiger partial charge >= 0.3 is 0 Å². The van der Waals surface area contributed by atoms with Crippen molar-refractivity contribution in [2.45, 2.75) is 45.1 Å². The average molecular weight is 482 g/mol. The first kappa shape index (κ1) is 23.7. The molecule has 182 valence electrons. The summed E-state index contributed by atoms with van der Waals surface area (Å²) in [6.45, 7) is 7.12. The lowest BCUT2D eigenvalue weighted by atomic mass is 9.69. The third-order valence-electron chi connectivity index (χ3n) is 6.40. The molecule has 4 aromatic rings. The molecular weight excluding hydrogens is 454 g/mol. The number of benzene rings is 2. The Kier molecular flexibility index (Phi) is 5.87. The van der Waals surface area contributed by atoms with Crippen LogP contribution in [-0.4, -0.2) is 39.4 Å². The van der Waals surface area contributed by atoms with E-state index in [2.05, 4.69) is 57.8 Å². The first-order valence-electron chi connectivity index (χ1n) is 12.1. The molecule has 1 fully saturated rings. The molecule has 2 N–H and O–H groups in total. The van der Waals surface area contributed by atoms with Crippen molar-refractivity contribution in [1.29, 1.82) is 5.26 Å². The highest BCUT2D eigenvalue weighted by molar-refractivity contribution is 6.19. The van der Waals surface area contributed by atoms with Crippen LogP contribution in [0.5, 0.6) is 0 Å². The first-order chi connectivity index (χ1) is 17.2. The van der Waals surface area contributed by atoms with Gasteiger partial charge in [-0.3, -0.25) is 0 Å². The van der Waals surface area contributed by atoms with Crippen molar-refractivity contribution in [3.63, 3.8) is 0 Å². The SMILES string of the molecule is BC(Nc1cc(C#N)c2ncnc(NCC(C)(C)C)c2c1)(c1ccc(F)cc1)c1cn(C2CC2)nn1. The molecule has 1 aliphatic carbocycles. The van der Waals surface area contributed by atoms with Crippen molar-refractivity contribution in [1.82, 2.24) is 25.0 Å². The fourth-order valence-corrected chi connectivity index (χ4v) is 4.19. The Morgan fingerprint density at radius 1 is 1.17 bits per heavy atom. The predicted molar refractivity (Wildman–Crippen MR) is 140 cm³/mol. The van der Waals surface area contributed by atoms with E-state index in [0.717, 1.165) is 23.8 Å². The molecule has 1 aliphatic rings. The summed E-state index contributed by atoms with van der Waals surface area (Å²) in [5, 5.41) is 26.5. The molecule has 1 saturated carbocycles. The van der Waals surface area contributed by atoms with Crippen molar-refractivity contribution in [2.75, 3.05) is 17.2 Å². The number of aromatic nitrogens is 5. The van der Waals surface area contributed by atoms with Gasteiger partial charge < -0.3 is 10.6 Å². The van der Waals surface area contributed by atoms with Crippen molar-refractivity contribution in [2.24, 2.45) is 5.41 Å². The van der Waals surface area contributed by atoms with Crippen molar-refractivity contribution in [3.8, 4) is 6.07 Å². The molecule has 0 saturated heterocycles. The van der Waals surface area contributed by atoms with E-state index in [1.165, 1.54) is 18.5 Å². The highest BCUT2D eigenvalue weighted by atomic mass is 19.1. The van der Waals surface area contributed by atoms with Gasteiger partial charge in [0.2, 0.25) is 0 Å². The molecular formula is C26H28BFN8. The van der Waals surface area contributed by atoms with Gasteiger partial charge in [-0.1, -0.05) is 38.1 Å². The fourth-order valence-electron chi connectivity index (χ4n) is 4.19. The Hall–Kier alpha value is -4.00. The van der Waals surface area contributed by atoms with E-state index in [1.807, 2.05) is 24.8 Å². The molecule has 1 unspecified atom stereocenters. The van der Waals surface area contributed by atoms with Crippen LogP contribution >= 0.6 is 0 Å². The van der Waals surface area contributed by atoms with Gasteiger partial charge in [-0.05, 0) is 48.1 Å². The zero-order chi connectivity index (χ0) is 25.5. The number of nitrogens with zero attached hydrogens (tertiary/aromatic N) is 6. The quantitative estimate of drug-likeness (QED) is 0.384. The average Bonchev–Trinajstić information content (AvgIpc) is 3.57. The van der Waals surface area contributed by atoms with E-state index in [0.29, 0.717) is 40.9 Å². The Bertz CT molecular complexity index is 1450. The molecule has 0 bridgehead atoms. The molecule has 10 heteroatoms. The minimum Gasteiger partial charge on any atom is -0.378 e. The minimum atomic E-state index is -0.837. The van der Waals surface area contributed by atoms with E-state index in [4.69, 9.17) is 0 Å². The van der Waals surface area contributed by atoms with Crippen LogP contribution in [0.2, 0.25) is 0 Å². The van der Waals surface area contributed by atoms with Crippen molar-refractivity contribution < 1.29 is 4.39 Å². The maximum absolute atomic E-state index is 13.8. The molecule has 0 amide bonds. The van der Waals surface area contributed by atoms with Crippen LogP contribution in [-0.2, 0) is 5.44 Å². The smallest absolute Gasteiger partial charge is 0.148 e. The lowest BCUT2D eigenvalue weighted by Gasteiger charge is -2.31. The van der Waals surface area contributed by atoms with E-state index >= 15 is 0 Å². The molecule has 0 spiro atoms. The van der Waals surface area contributed by atoms with E-state index in [-0.39, 0.29) is 11.2 Å². The largest absolute Gasteiger partial charge is 0.378 e. The Balaban J connectivity index is 1.60. The van der Waals surface area contributed by atoms with Crippen LogP contribution in [0.15, 0.2) is 48.9 Å². The maximum atomic E-state index is 13.8. The molecule has 8 nitrogen and oxygen atoms in total. The number of rotatable bonds is 7. The second-order valence-electron chi connectivity index (χ2n) is 10.7. The third-order valence-corrected chi connectivity index (χ3v) is 6.40. The molecule has 36 heavy (non-hydrogen) atoms. The zero-order valence-electron chi connectivity index (χ0n) is 20.9. The van der Waals surface area contributed by atoms with Gasteiger partial charge in [-0.15, -0.1) is 5.10 Å². The maximum Gasteiger partial charge on any atom is 0.148 e. The summed E-state index contributed by atoms with van der Waals surface area (Å²) in [6, 6.07) is 12.7. The van der Waals surface area contributed by atoms with Crippen LogP contribution in [0, 0.1) is 22.6 Å². The number of nitrogens with one attached hydrogen (secondary N) is 2. The number of fused-ring (bicyclic) bond motifs is 1. The van der Waals surface area contributed by atoms with Crippen LogP contribution < -0.4 is 10.6 Å². The van der Waals surface area contributed by atoms with Gasteiger partial charge in [-0.2, -0.15) is 5.26 Å². The highest BCUT2D eigenvalue weighted by Gasteiger charge is 2.34. The molecule has 5 rings (SSSR count). The Morgan fingerprint density at radius 3 is 2.58 bits per heavy atom. The molecule has 2 aromatic carbocycles. The monoisotopic (exact) mass is 482 g/mol. The second kappa shape index (κ2) is 8.90. The molecule has 0 aliphatic heterocycles. The van der Waals surface area contributed by atoms with Gasteiger partial charge in [0.1, 0.15) is 37.6 Å². The number of anilines is 2. The van der Waals surface area contributed by atoms with Crippen molar-refractivity contribution >= 4 is 30.3 Å². The molecule has 0 radical (unpaired) electrons. The standard InChI is InChI=1S/C26H28BFN8/c1-25(2,3)14-30-24-21-11-19(10-16(12-29)23(21)31-15-32-24)33-26(27,17-4-6-18(28)7-5-17)22-13-36(35-34-22)20-8-9-20/h4-7,10-11,13,15,20,33H,8-9,14,27H2,1-3H3,(H,30,31,32). The summed E-state index contributed by atoms with van der Waals surface area (Å²) in [4.78, 5) is 8.83. The summed E-state index contributed by atoms with van der Waals surface area (Å²) in [7, 11) is 1.98. The number of hydrogen-bond donors (Lipinski definition) is 2. The lowest BCUT2D eigenvalue weighted by Crippen LogP contribution is -2.38. The number of hydrogen-bond acceptors (Lipinski definition) is 7. The summed E-state index contributed by atoms with van der Waals surface area (Å²) in [5.41, 5.74) is 2.43. The van der Waals surface area contributed by atoms with Gasteiger partial charge in [0, 0.05) is 17.6 Å². The molecule has 1 atom stereocenters. The van der Waals surface area contributed by atoms with Crippen LogP contribution in [0.3, 0.4) is 0 Å². The van der Waals surface area contributed by atoms with Crippen LogP contribution in [0.25, 0.3) is 10.9 Å². The van der Waals surface area contributed by atoms with Gasteiger partial charge in [-0.25, -0.2) is 19.0 Å². The van der Waals surface area contributed by atoms with Gasteiger partial charge in [0.25, 0.3) is 0 Å². The molecule has 2 heterocycles. The van der Waals surface area contributed by atoms with E-state index < -0.39 is 5.44 Å². The lowest BCUT2D eigenvalue weighted by molar-refractivity contribution is 0.442. The van der Waals surface area contributed by atoms with Crippen LogP contribution in [0.4, 0.5) is 15.9 Å². The molecule has 2 aromatic heterocycles.